The molecule has 1 aromatic carbocycles. The van der Waals surface area contributed by atoms with Crippen LogP contribution in [0.2, 0.25) is 0 Å². The first-order valence-electron chi connectivity index (χ1n) is 7.01. The molecule has 2 rings (SSSR count). The molecule has 1 fully saturated rings. The summed E-state index contributed by atoms with van der Waals surface area (Å²) in [4.78, 5) is 13.8. The van der Waals surface area contributed by atoms with Crippen molar-refractivity contribution in [3.05, 3.63) is 24.3 Å². The zero-order valence-electron chi connectivity index (χ0n) is 11.7. The Morgan fingerprint density at radius 2 is 2.05 bits per heavy atom. The zero-order chi connectivity index (χ0) is 14.4. The van der Waals surface area contributed by atoms with Gasteiger partial charge in [-0.3, -0.25) is 4.79 Å². The summed E-state index contributed by atoms with van der Waals surface area (Å²) in [7, 11) is 0. The molecular weight excluding hydrogens is 258 g/mol. The number of ether oxygens (including phenoxy) is 2. The molecule has 0 aromatic heterocycles. The number of likely N-dealkylation sites (tertiary alicyclic amines) is 1. The van der Waals surface area contributed by atoms with E-state index in [9.17, 15) is 9.90 Å². The average molecular weight is 279 g/mol. The molecule has 1 saturated heterocycles. The lowest BCUT2D eigenvalue weighted by atomic mass is 10.2. The fraction of sp³-hybridized carbons (Fsp3) is 0.533. The molecule has 0 saturated carbocycles. The minimum Gasteiger partial charge on any atom is -0.490 e. The largest absolute Gasteiger partial charge is 0.490 e. The Morgan fingerprint density at radius 1 is 1.35 bits per heavy atom. The SMILES string of the molecule is CCOc1ccccc1OCC(=O)N1CCC[C@@H]1CO. The van der Waals surface area contributed by atoms with Crippen molar-refractivity contribution in [3.8, 4) is 11.5 Å². The van der Waals surface area contributed by atoms with Gasteiger partial charge in [-0.2, -0.15) is 0 Å². The molecule has 1 amide bonds. The van der Waals surface area contributed by atoms with E-state index in [1.54, 1.807) is 11.0 Å². The van der Waals surface area contributed by atoms with Crippen molar-refractivity contribution in [1.82, 2.24) is 4.90 Å². The number of amides is 1. The first-order valence-corrected chi connectivity index (χ1v) is 7.01. The lowest BCUT2D eigenvalue weighted by molar-refractivity contribution is -0.134. The number of hydrogen-bond acceptors (Lipinski definition) is 4. The van der Waals surface area contributed by atoms with Crippen molar-refractivity contribution >= 4 is 5.91 Å². The molecule has 5 heteroatoms. The van der Waals surface area contributed by atoms with Crippen molar-refractivity contribution in [2.75, 3.05) is 26.4 Å². The number of hydrogen-bond donors (Lipinski definition) is 1. The number of para-hydroxylation sites is 2. The number of nitrogens with zero attached hydrogens (tertiary/aromatic N) is 1. The van der Waals surface area contributed by atoms with Crippen LogP contribution in [0.1, 0.15) is 19.8 Å². The summed E-state index contributed by atoms with van der Waals surface area (Å²) in [6.07, 6.45) is 1.80. The quantitative estimate of drug-likeness (QED) is 0.856. The van der Waals surface area contributed by atoms with Crippen LogP contribution < -0.4 is 9.47 Å². The van der Waals surface area contributed by atoms with E-state index in [1.807, 2.05) is 25.1 Å². The average Bonchev–Trinajstić information content (AvgIpc) is 2.95. The molecule has 1 aromatic rings. The third kappa shape index (κ3) is 3.42. The highest BCUT2D eigenvalue weighted by atomic mass is 16.5. The van der Waals surface area contributed by atoms with Gasteiger partial charge in [0.25, 0.3) is 5.91 Å². The van der Waals surface area contributed by atoms with Crippen molar-refractivity contribution in [3.63, 3.8) is 0 Å². The molecule has 0 unspecified atom stereocenters. The Labute approximate surface area is 119 Å². The van der Waals surface area contributed by atoms with Crippen LogP contribution in [0.25, 0.3) is 0 Å². The fourth-order valence-electron chi connectivity index (χ4n) is 2.42. The van der Waals surface area contributed by atoms with Gasteiger partial charge in [-0.15, -0.1) is 0 Å². The lowest BCUT2D eigenvalue weighted by Gasteiger charge is -2.23. The highest BCUT2D eigenvalue weighted by Gasteiger charge is 2.28. The van der Waals surface area contributed by atoms with E-state index < -0.39 is 0 Å². The van der Waals surface area contributed by atoms with Gasteiger partial charge in [0.2, 0.25) is 0 Å². The first kappa shape index (κ1) is 14.7. The maximum absolute atomic E-state index is 12.1. The van der Waals surface area contributed by atoms with E-state index in [0.717, 1.165) is 12.8 Å². The summed E-state index contributed by atoms with van der Waals surface area (Å²) >= 11 is 0. The van der Waals surface area contributed by atoms with Gasteiger partial charge in [-0.25, -0.2) is 0 Å². The van der Waals surface area contributed by atoms with E-state index in [-0.39, 0.29) is 25.2 Å². The number of carbonyl (C=O) groups is 1. The second kappa shape index (κ2) is 7.14. The smallest absolute Gasteiger partial charge is 0.260 e. The summed E-state index contributed by atoms with van der Waals surface area (Å²) in [5.41, 5.74) is 0. The Balaban J connectivity index is 1.93. The third-order valence-electron chi connectivity index (χ3n) is 3.41. The number of aliphatic hydroxyl groups excluding tert-OH is 1. The highest BCUT2D eigenvalue weighted by Crippen LogP contribution is 2.26. The van der Waals surface area contributed by atoms with E-state index in [2.05, 4.69) is 0 Å². The van der Waals surface area contributed by atoms with Gasteiger partial charge in [-0.1, -0.05) is 12.1 Å². The molecular formula is C15H21NO4. The molecule has 20 heavy (non-hydrogen) atoms. The summed E-state index contributed by atoms with van der Waals surface area (Å²) < 4.78 is 11.0. The predicted molar refractivity (Wildman–Crippen MR) is 74.9 cm³/mol. The Kier molecular flexibility index (Phi) is 5.24. The van der Waals surface area contributed by atoms with Crippen LogP contribution in [-0.4, -0.2) is 48.3 Å². The van der Waals surface area contributed by atoms with E-state index in [4.69, 9.17) is 9.47 Å². The van der Waals surface area contributed by atoms with Crippen molar-refractivity contribution in [2.24, 2.45) is 0 Å². The minimum absolute atomic E-state index is 0.0152. The van der Waals surface area contributed by atoms with Crippen molar-refractivity contribution in [2.45, 2.75) is 25.8 Å². The minimum atomic E-state index is -0.0900. The zero-order valence-corrected chi connectivity index (χ0v) is 11.7. The molecule has 0 aliphatic carbocycles. The standard InChI is InChI=1S/C15H21NO4/c1-2-19-13-7-3-4-8-14(13)20-11-15(18)16-9-5-6-12(16)10-17/h3-4,7-8,12,17H,2,5-6,9-11H2,1H3/t12-/m1/s1. The maximum atomic E-state index is 12.1. The summed E-state index contributed by atoms with van der Waals surface area (Å²) in [6, 6.07) is 7.24. The van der Waals surface area contributed by atoms with Crippen LogP contribution in [0.4, 0.5) is 0 Å². The van der Waals surface area contributed by atoms with Crippen LogP contribution in [0.15, 0.2) is 24.3 Å². The topological polar surface area (TPSA) is 59.0 Å². The van der Waals surface area contributed by atoms with Crippen molar-refractivity contribution in [1.29, 1.82) is 0 Å². The molecule has 5 nitrogen and oxygen atoms in total. The molecule has 1 atom stereocenters. The normalized spacial score (nSPS) is 18.1. The van der Waals surface area contributed by atoms with Gasteiger partial charge in [0.1, 0.15) is 0 Å². The molecule has 0 spiro atoms. The Bertz CT molecular complexity index is 449. The fourth-order valence-corrected chi connectivity index (χ4v) is 2.42. The molecule has 1 heterocycles. The van der Waals surface area contributed by atoms with Gasteiger partial charge in [-0.05, 0) is 31.9 Å². The Morgan fingerprint density at radius 3 is 2.70 bits per heavy atom. The Hall–Kier alpha value is -1.75. The highest BCUT2D eigenvalue weighted by molar-refractivity contribution is 5.78. The maximum Gasteiger partial charge on any atom is 0.260 e. The van der Waals surface area contributed by atoms with E-state index in [1.165, 1.54) is 0 Å². The lowest BCUT2D eigenvalue weighted by Crippen LogP contribution is -2.40. The third-order valence-corrected chi connectivity index (χ3v) is 3.41. The monoisotopic (exact) mass is 279 g/mol. The van der Waals surface area contributed by atoms with Crippen LogP contribution in [0, 0.1) is 0 Å². The molecule has 1 aliphatic rings. The predicted octanol–water partition coefficient (Wildman–Crippen LogP) is 1.45. The van der Waals surface area contributed by atoms with Crippen molar-refractivity contribution < 1.29 is 19.4 Å². The summed E-state index contributed by atoms with van der Waals surface area (Å²) in [5, 5.41) is 9.23. The van der Waals surface area contributed by atoms with Gasteiger partial charge in [0.15, 0.2) is 18.1 Å². The molecule has 0 bridgehead atoms. The number of rotatable bonds is 6. The van der Waals surface area contributed by atoms with Gasteiger partial charge in [0.05, 0.1) is 19.3 Å². The number of benzene rings is 1. The molecule has 110 valence electrons. The van der Waals surface area contributed by atoms with Gasteiger partial charge >= 0.3 is 0 Å². The van der Waals surface area contributed by atoms with E-state index in [0.29, 0.717) is 24.7 Å². The van der Waals surface area contributed by atoms with Crippen LogP contribution >= 0.6 is 0 Å². The molecule has 1 aliphatic heterocycles. The first-order chi connectivity index (χ1) is 9.76. The van der Waals surface area contributed by atoms with E-state index >= 15 is 0 Å². The van der Waals surface area contributed by atoms with Crippen LogP contribution in [0.5, 0.6) is 11.5 Å². The number of aliphatic hydroxyl groups is 1. The van der Waals surface area contributed by atoms with Gasteiger partial charge < -0.3 is 19.5 Å². The number of carbonyl (C=O) groups excluding carboxylic acids is 1. The second-order valence-electron chi connectivity index (χ2n) is 4.73. The van der Waals surface area contributed by atoms with Crippen LogP contribution in [-0.2, 0) is 4.79 Å². The van der Waals surface area contributed by atoms with Gasteiger partial charge in [0, 0.05) is 6.54 Å². The summed E-state index contributed by atoms with van der Waals surface area (Å²) in [6.45, 7) is 3.13. The molecule has 0 radical (unpaired) electrons. The second-order valence-corrected chi connectivity index (χ2v) is 4.73. The summed E-state index contributed by atoms with van der Waals surface area (Å²) in [5.74, 6) is 1.12. The molecule has 1 N–H and O–H groups in total. The van der Waals surface area contributed by atoms with Crippen LogP contribution in [0.3, 0.4) is 0 Å².